The van der Waals surface area contributed by atoms with E-state index in [1.165, 1.54) is 4.90 Å². The third-order valence-corrected chi connectivity index (χ3v) is 7.37. The Morgan fingerprint density at radius 2 is 1.71 bits per heavy atom. The lowest BCUT2D eigenvalue weighted by Gasteiger charge is -2.38. The summed E-state index contributed by atoms with van der Waals surface area (Å²) in [6.45, 7) is 3.13. The molecule has 202 valence electrons. The van der Waals surface area contributed by atoms with Crippen molar-refractivity contribution < 1.29 is 14.3 Å². The molecule has 8 nitrogen and oxygen atoms in total. The number of nitrogens with zero attached hydrogens (tertiary/aromatic N) is 5. The molecule has 0 aromatic heterocycles. The first-order valence-electron chi connectivity index (χ1n) is 12.4. The summed E-state index contributed by atoms with van der Waals surface area (Å²) in [4.78, 5) is 34.1. The summed E-state index contributed by atoms with van der Waals surface area (Å²) in [5.74, 6) is 0.0414. The minimum atomic E-state index is -1.69. The molecule has 38 heavy (non-hydrogen) atoms. The number of carbonyl (C=O) groups is 2. The number of amides is 2. The maximum atomic E-state index is 13.8. The lowest BCUT2D eigenvalue weighted by molar-refractivity contribution is -0.136. The van der Waals surface area contributed by atoms with Crippen molar-refractivity contribution in [3.8, 4) is 6.07 Å². The molecule has 0 radical (unpaired) electrons. The largest absolute Gasteiger partial charge is 0.445 e. The van der Waals surface area contributed by atoms with Crippen molar-refractivity contribution in [2.75, 3.05) is 51.3 Å². The van der Waals surface area contributed by atoms with Crippen LogP contribution in [0.15, 0.2) is 54.6 Å². The number of benzene rings is 2. The molecule has 4 rings (SSSR count). The number of alkyl halides is 3. The Balaban J connectivity index is 1.44. The van der Waals surface area contributed by atoms with Gasteiger partial charge in [0.05, 0.1) is 17.3 Å². The van der Waals surface area contributed by atoms with Crippen molar-refractivity contribution in [1.29, 1.82) is 5.26 Å². The number of piperazine rings is 1. The summed E-state index contributed by atoms with van der Waals surface area (Å²) >= 11 is 17.2. The fourth-order valence-electron chi connectivity index (χ4n) is 5.03. The standard InChI is InChI=1S/C27H30Cl3N5O3/c1-32(26(37)38-19-27(28,29)30)22-15-24(35(18-22)17-20-7-3-2-4-8-20)25(36)34-13-11-33(12-14-34)23-10-6-5-9-21(23)16-31/h2-10,22,24H,11-15,17-19H2,1H3/t22-,24-/m0/s1. The molecule has 0 unspecified atom stereocenters. The maximum absolute atomic E-state index is 13.8. The van der Waals surface area contributed by atoms with Crippen molar-refractivity contribution in [3.63, 3.8) is 0 Å². The van der Waals surface area contributed by atoms with Crippen LogP contribution in [0.5, 0.6) is 0 Å². The average Bonchev–Trinajstić information content (AvgIpc) is 3.34. The second-order valence-electron chi connectivity index (χ2n) is 9.54. The number of likely N-dealkylation sites (tertiary alicyclic amines) is 1. The van der Waals surface area contributed by atoms with Gasteiger partial charge >= 0.3 is 6.09 Å². The van der Waals surface area contributed by atoms with Crippen LogP contribution >= 0.6 is 34.8 Å². The minimum absolute atomic E-state index is 0.0414. The van der Waals surface area contributed by atoms with E-state index in [-0.39, 0.29) is 24.6 Å². The molecule has 2 aliphatic heterocycles. The molecule has 0 N–H and O–H groups in total. The van der Waals surface area contributed by atoms with Crippen LogP contribution in [0.1, 0.15) is 17.5 Å². The fourth-order valence-corrected chi connectivity index (χ4v) is 5.19. The highest BCUT2D eigenvalue weighted by atomic mass is 35.6. The van der Waals surface area contributed by atoms with Crippen molar-refractivity contribution >= 4 is 52.5 Å². The highest BCUT2D eigenvalue weighted by Gasteiger charge is 2.42. The monoisotopic (exact) mass is 577 g/mol. The van der Waals surface area contributed by atoms with Gasteiger partial charge in [0, 0.05) is 52.4 Å². The van der Waals surface area contributed by atoms with E-state index in [4.69, 9.17) is 39.5 Å². The highest BCUT2D eigenvalue weighted by molar-refractivity contribution is 6.67. The number of halogens is 3. The molecular weight excluding hydrogens is 549 g/mol. The second kappa shape index (κ2) is 12.4. The van der Waals surface area contributed by atoms with Gasteiger partial charge < -0.3 is 19.4 Å². The van der Waals surface area contributed by atoms with Crippen LogP contribution in [0.4, 0.5) is 10.5 Å². The van der Waals surface area contributed by atoms with Crippen molar-refractivity contribution in [2.24, 2.45) is 0 Å². The van der Waals surface area contributed by atoms with Crippen molar-refractivity contribution in [2.45, 2.75) is 28.8 Å². The van der Waals surface area contributed by atoms with E-state index in [1.807, 2.05) is 59.5 Å². The first-order valence-corrected chi connectivity index (χ1v) is 13.6. The van der Waals surface area contributed by atoms with E-state index in [0.717, 1.165) is 11.3 Å². The number of likely N-dealkylation sites (N-methyl/N-ethyl adjacent to an activating group) is 1. The van der Waals surface area contributed by atoms with E-state index in [1.54, 1.807) is 7.05 Å². The zero-order valence-electron chi connectivity index (χ0n) is 21.1. The molecule has 2 saturated heterocycles. The highest BCUT2D eigenvalue weighted by Crippen LogP contribution is 2.29. The number of hydrogen-bond donors (Lipinski definition) is 0. The number of nitriles is 1. The predicted molar refractivity (Wildman–Crippen MR) is 148 cm³/mol. The van der Waals surface area contributed by atoms with Gasteiger partial charge in [0.1, 0.15) is 12.7 Å². The fraction of sp³-hybridized carbons (Fsp3) is 0.444. The zero-order chi connectivity index (χ0) is 27.3. The molecule has 2 heterocycles. The topological polar surface area (TPSA) is 80.1 Å². The van der Waals surface area contributed by atoms with Gasteiger partial charge in [0.15, 0.2) is 0 Å². The lowest BCUT2D eigenvalue weighted by Crippen LogP contribution is -2.53. The summed E-state index contributed by atoms with van der Waals surface area (Å²) in [5, 5.41) is 9.46. The Hall–Kier alpha value is -2.70. The van der Waals surface area contributed by atoms with Crippen LogP contribution in [0.3, 0.4) is 0 Å². The Kier molecular flexibility index (Phi) is 9.27. The molecule has 0 aliphatic carbocycles. The number of hydrogen-bond acceptors (Lipinski definition) is 6. The van der Waals surface area contributed by atoms with Gasteiger partial charge in [0.25, 0.3) is 0 Å². The second-order valence-corrected chi connectivity index (χ2v) is 12.1. The normalized spacial score (nSPS) is 20.2. The Morgan fingerprint density at radius 1 is 1.05 bits per heavy atom. The minimum Gasteiger partial charge on any atom is -0.445 e. The van der Waals surface area contributed by atoms with Gasteiger partial charge in [-0.25, -0.2) is 4.79 Å². The maximum Gasteiger partial charge on any atom is 0.409 e. The van der Waals surface area contributed by atoms with E-state index in [9.17, 15) is 14.9 Å². The quantitative estimate of drug-likeness (QED) is 0.476. The molecule has 0 bridgehead atoms. The van der Waals surface area contributed by atoms with Gasteiger partial charge in [-0.2, -0.15) is 5.26 Å². The molecule has 0 spiro atoms. The number of anilines is 1. The van der Waals surface area contributed by atoms with Crippen molar-refractivity contribution in [3.05, 3.63) is 65.7 Å². The van der Waals surface area contributed by atoms with Crippen LogP contribution in [0.25, 0.3) is 0 Å². The summed E-state index contributed by atoms with van der Waals surface area (Å²) in [6.07, 6.45) is -0.124. The summed E-state index contributed by atoms with van der Waals surface area (Å²) in [7, 11) is 1.64. The Morgan fingerprint density at radius 3 is 2.37 bits per heavy atom. The lowest BCUT2D eigenvalue weighted by atomic mass is 10.1. The summed E-state index contributed by atoms with van der Waals surface area (Å²) in [5.41, 5.74) is 2.61. The van der Waals surface area contributed by atoms with E-state index < -0.39 is 9.89 Å². The molecule has 2 aromatic rings. The van der Waals surface area contributed by atoms with Gasteiger partial charge in [0.2, 0.25) is 9.70 Å². The number of ether oxygens (including phenoxy) is 1. The number of carbonyl (C=O) groups excluding carboxylic acids is 2. The summed E-state index contributed by atoms with van der Waals surface area (Å²) < 4.78 is 3.47. The van der Waals surface area contributed by atoms with Gasteiger partial charge in [-0.1, -0.05) is 77.3 Å². The Labute approximate surface area is 238 Å². The average molecular weight is 579 g/mol. The number of rotatable bonds is 6. The molecule has 11 heteroatoms. The van der Waals surface area contributed by atoms with Crippen LogP contribution < -0.4 is 4.90 Å². The van der Waals surface area contributed by atoms with Gasteiger partial charge in [-0.15, -0.1) is 0 Å². The van der Waals surface area contributed by atoms with Gasteiger partial charge in [-0.05, 0) is 24.1 Å². The molecule has 2 amide bonds. The molecule has 2 aromatic carbocycles. The van der Waals surface area contributed by atoms with Crippen LogP contribution in [0.2, 0.25) is 0 Å². The third kappa shape index (κ3) is 7.03. The van der Waals surface area contributed by atoms with Gasteiger partial charge in [-0.3, -0.25) is 9.69 Å². The van der Waals surface area contributed by atoms with Crippen molar-refractivity contribution in [1.82, 2.24) is 14.7 Å². The molecule has 2 fully saturated rings. The Bertz CT molecular complexity index is 1160. The molecule has 0 saturated carbocycles. The molecule has 2 atom stereocenters. The van der Waals surface area contributed by atoms with E-state index in [2.05, 4.69) is 15.9 Å². The zero-order valence-corrected chi connectivity index (χ0v) is 23.4. The van der Waals surface area contributed by atoms with E-state index >= 15 is 0 Å². The van der Waals surface area contributed by atoms with E-state index in [0.29, 0.717) is 51.3 Å². The smallest absolute Gasteiger partial charge is 0.409 e. The first kappa shape index (κ1) is 28.3. The van der Waals surface area contributed by atoms with Crippen LogP contribution in [-0.2, 0) is 16.1 Å². The predicted octanol–water partition coefficient (Wildman–Crippen LogP) is 4.29. The molecular formula is C27H30Cl3N5O3. The number of para-hydroxylation sites is 1. The van der Waals surface area contributed by atoms with Crippen LogP contribution in [-0.4, -0.2) is 89.0 Å². The third-order valence-electron chi connectivity index (χ3n) is 7.05. The SMILES string of the molecule is CN(C(=O)OCC(Cl)(Cl)Cl)[C@H]1C[C@@H](C(=O)N2CCN(c3ccccc3C#N)CC2)N(Cc2ccccc2)C1. The first-order chi connectivity index (χ1) is 18.2. The molecule has 2 aliphatic rings. The van der Waals surface area contributed by atoms with Crippen LogP contribution in [0, 0.1) is 11.3 Å². The summed E-state index contributed by atoms with van der Waals surface area (Å²) in [6, 6.07) is 19.1.